The summed E-state index contributed by atoms with van der Waals surface area (Å²) >= 11 is 0. The Morgan fingerprint density at radius 3 is 2.35 bits per heavy atom. The summed E-state index contributed by atoms with van der Waals surface area (Å²) in [4.78, 5) is 14.4. The van der Waals surface area contributed by atoms with Crippen LogP contribution >= 0.6 is 0 Å². The summed E-state index contributed by atoms with van der Waals surface area (Å²) in [7, 11) is 1.76. The van der Waals surface area contributed by atoms with Gasteiger partial charge in [0.15, 0.2) is 0 Å². The summed E-state index contributed by atoms with van der Waals surface area (Å²) < 4.78 is 5.25. The standard InChI is InChI=1S/C14H18N4O2.C8H9N.C2H6/c1-4-18(9-10(2)15-3)14-16-13(20-17-14)11-6-5-7-12(19)8-11;1-7(2)8-3-5-9-6-4-8;1-2/h5-8,19H,4,9H2,1-3H3;3-6H,1H2,2H3;1-2H3. The molecule has 0 bridgehead atoms. The van der Waals surface area contributed by atoms with Crippen LogP contribution in [-0.2, 0) is 0 Å². The van der Waals surface area contributed by atoms with Gasteiger partial charge in [-0.15, -0.1) is 0 Å². The third-order valence-electron chi connectivity index (χ3n) is 4.15. The van der Waals surface area contributed by atoms with Crippen molar-refractivity contribution in [3.8, 4) is 17.2 Å². The second-order valence-corrected chi connectivity index (χ2v) is 6.44. The second-order valence-electron chi connectivity index (χ2n) is 6.44. The van der Waals surface area contributed by atoms with E-state index in [1.54, 1.807) is 37.6 Å². The molecule has 0 unspecified atom stereocenters. The van der Waals surface area contributed by atoms with Gasteiger partial charge in [-0.2, -0.15) is 4.98 Å². The van der Waals surface area contributed by atoms with Crippen molar-refractivity contribution in [3.05, 3.63) is 60.9 Å². The SMILES string of the molecule is C=C(C)c1ccncc1.CC.CCN(CC(C)=NC)c1noc(-c2cccc(O)c2)n1. The summed E-state index contributed by atoms with van der Waals surface area (Å²) in [5.41, 5.74) is 3.93. The minimum Gasteiger partial charge on any atom is -0.508 e. The smallest absolute Gasteiger partial charge is 0.266 e. The number of aromatic nitrogens is 3. The van der Waals surface area contributed by atoms with Crippen molar-refractivity contribution in [2.75, 3.05) is 25.0 Å². The number of rotatable bonds is 6. The van der Waals surface area contributed by atoms with Gasteiger partial charge in [-0.05, 0) is 61.8 Å². The van der Waals surface area contributed by atoms with Crippen molar-refractivity contribution in [1.82, 2.24) is 15.1 Å². The Bertz CT molecular complexity index is 951. The van der Waals surface area contributed by atoms with Crippen LogP contribution in [0.15, 0.2) is 64.9 Å². The van der Waals surface area contributed by atoms with Gasteiger partial charge < -0.3 is 14.5 Å². The molecule has 0 atom stereocenters. The molecule has 3 rings (SSSR count). The number of hydrogen-bond donors (Lipinski definition) is 1. The highest BCUT2D eigenvalue weighted by Gasteiger charge is 2.14. The van der Waals surface area contributed by atoms with Crippen LogP contribution in [0.4, 0.5) is 5.95 Å². The van der Waals surface area contributed by atoms with Crippen molar-refractivity contribution in [1.29, 1.82) is 0 Å². The topological polar surface area (TPSA) is 87.6 Å². The molecule has 0 spiro atoms. The van der Waals surface area contributed by atoms with E-state index in [4.69, 9.17) is 4.52 Å². The number of aromatic hydroxyl groups is 1. The van der Waals surface area contributed by atoms with Crippen molar-refractivity contribution >= 4 is 17.2 Å². The van der Waals surface area contributed by atoms with E-state index in [1.807, 2.05) is 57.7 Å². The normalized spacial score (nSPS) is 10.3. The van der Waals surface area contributed by atoms with E-state index < -0.39 is 0 Å². The molecule has 0 saturated heterocycles. The molecule has 7 heteroatoms. The summed E-state index contributed by atoms with van der Waals surface area (Å²) in [6, 6.07) is 10.6. The number of benzene rings is 1. The molecule has 2 heterocycles. The minimum absolute atomic E-state index is 0.170. The first kappa shape index (κ1) is 25.6. The molecule has 0 aliphatic carbocycles. The monoisotopic (exact) mass is 423 g/mol. The molecule has 1 aromatic carbocycles. The first-order valence-corrected chi connectivity index (χ1v) is 10.3. The maximum atomic E-state index is 9.47. The largest absolute Gasteiger partial charge is 0.508 e. The van der Waals surface area contributed by atoms with Crippen LogP contribution < -0.4 is 4.90 Å². The number of aliphatic imine (C=N–C) groups is 1. The number of nitrogens with zero attached hydrogens (tertiary/aromatic N) is 5. The van der Waals surface area contributed by atoms with E-state index in [0.717, 1.165) is 23.4 Å². The number of phenols is 1. The summed E-state index contributed by atoms with van der Waals surface area (Å²) in [6.07, 6.45) is 3.54. The molecule has 1 N–H and O–H groups in total. The van der Waals surface area contributed by atoms with Crippen molar-refractivity contribution in [2.24, 2.45) is 4.99 Å². The van der Waals surface area contributed by atoms with Gasteiger partial charge in [-0.3, -0.25) is 9.98 Å². The van der Waals surface area contributed by atoms with E-state index in [0.29, 0.717) is 23.9 Å². The van der Waals surface area contributed by atoms with E-state index >= 15 is 0 Å². The predicted octanol–water partition coefficient (Wildman–Crippen LogP) is 5.50. The van der Waals surface area contributed by atoms with Gasteiger partial charge in [0.25, 0.3) is 11.8 Å². The van der Waals surface area contributed by atoms with Gasteiger partial charge in [-0.1, -0.05) is 32.1 Å². The van der Waals surface area contributed by atoms with E-state index in [-0.39, 0.29) is 5.75 Å². The average Bonchev–Trinajstić information content (AvgIpc) is 3.30. The minimum atomic E-state index is 0.170. The highest BCUT2D eigenvalue weighted by atomic mass is 16.5. The van der Waals surface area contributed by atoms with Gasteiger partial charge in [0, 0.05) is 37.3 Å². The lowest BCUT2D eigenvalue weighted by Gasteiger charge is -2.17. The lowest BCUT2D eigenvalue weighted by molar-refractivity contribution is 0.429. The van der Waals surface area contributed by atoms with Crippen LogP contribution in [0, 0.1) is 0 Å². The van der Waals surface area contributed by atoms with Gasteiger partial charge in [0.1, 0.15) is 5.75 Å². The third kappa shape index (κ3) is 8.42. The summed E-state index contributed by atoms with van der Waals surface area (Å²) in [5, 5.41) is 13.5. The van der Waals surface area contributed by atoms with Crippen LogP contribution in [-0.4, -0.2) is 46.1 Å². The van der Waals surface area contributed by atoms with Crippen LogP contribution in [0.25, 0.3) is 17.0 Å². The molecule has 0 saturated carbocycles. The number of phenolic OH excluding ortho intramolecular Hbond substituents is 1. The Kier molecular flexibility index (Phi) is 11.3. The van der Waals surface area contributed by atoms with E-state index in [9.17, 15) is 5.11 Å². The number of allylic oxidation sites excluding steroid dienone is 1. The maximum absolute atomic E-state index is 9.47. The predicted molar refractivity (Wildman–Crippen MR) is 129 cm³/mol. The van der Waals surface area contributed by atoms with Crippen LogP contribution in [0.2, 0.25) is 0 Å². The molecular weight excluding hydrogens is 390 g/mol. The molecule has 3 aromatic rings. The van der Waals surface area contributed by atoms with E-state index in [1.165, 1.54) is 0 Å². The fourth-order valence-electron chi connectivity index (χ4n) is 2.41. The van der Waals surface area contributed by atoms with Crippen LogP contribution in [0.3, 0.4) is 0 Å². The molecule has 166 valence electrons. The van der Waals surface area contributed by atoms with Gasteiger partial charge in [0.2, 0.25) is 0 Å². The van der Waals surface area contributed by atoms with Crippen molar-refractivity contribution < 1.29 is 9.63 Å². The zero-order valence-electron chi connectivity index (χ0n) is 19.3. The zero-order chi connectivity index (χ0) is 23.2. The molecule has 0 radical (unpaired) electrons. The molecule has 7 nitrogen and oxygen atoms in total. The van der Waals surface area contributed by atoms with Gasteiger partial charge >= 0.3 is 0 Å². The lowest BCUT2D eigenvalue weighted by atomic mass is 10.1. The average molecular weight is 424 g/mol. The fourth-order valence-corrected chi connectivity index (χ4v) is 2.41. The van der Waals surface area contributed by atoms with Gasteiger partial charge in [-0.25, -0.2) is 0 Å². The first-order valence-electron chi connectivity index (χ1n) is 10.3. The number of anilines is 1. The molecule has 31 heavy (non-hydrogen) atoms. The third-order valence-corrected chi connectivity index (χ3v) is 4.15. The lowest BCUT2D eigenvalue weighted by Crippen LogP contribution is -2.29. The quantitative estimate of drug-likeness (QED) is 0.527. The Balaban J connectivity index is 0.000000365. The number of pyridine rings is 1. The van der Waals surface area contributed by atoms with Crippen LogP contribution in [0.1, 0.15) is 40.2 Å². The molecule has 0 aliphatic rings. The Hall–Kier alpha value is -3.48. The van der Waals surface area contributed by atoms with E-state index in [2.05, 4.69) is 26.7 Å². The highest BCUT2D eigenvalue weighted by Crippen LogP contribution is 2.23. The number of hydrogen-bond acceptors (Lipinski definition) is 7. The Morgan fingerprint density at radius 1 is 1.16 bits per heavy atom. The molecule has 0 aliphatic heterocycles. The fraction of sp³-hybridized carbons (Fsp3) is 0.333. The van der Waals surface area contributed by atoms with Crippen molar-refractivity contribution in [2.45, 2.75) is 34.6 Å². The second kappa shape index (κ2) is 13.7. The molecule has 2 aromatic heterocycles. The Labute approximate surface area is 185 Å². The maximum Gasteiger partial charge on any atom is 0.266 e. The summed E-state index contributed by atoms with van der Waals surface area (Å²) in [5.74, 6) is 1.08. The van der Waals surface area contributed by atoms with Crippen molar-refractivity contribution in [3.63, 3.8) is 0 Å². The van der Waals surface area contributed by atoms with Crippen LogP contribution in [0.5, 0.6) is 5.75 Å². The zero-order valence-corrected chi connectivity index (χ0v) is 19.3. The highest BCUT2D eigenvalue weighted by molar-refractivity contribution is 5.86. The molecule has 0 fully saturated rings. The Morgan fingerprint density at radius 2 is 1.84 bits per heavy atom. The summed E-state index contributed by atoms with van der Waals surface area (Å²) in [6.45, 7) is 15.2. The van der Waals surface area contributed by atoms with Gasteiger partial charge in [0.05, 0.1) is 6.54 Å². The first-order chi connectivity index (χ1) is 14.9. The molecule has 0 amide bonds. The molecular formula is C24H33N5O2.